The van der Waals surface area contributed by atoms with Crippen molar-refractivity contribution in [2.75, 3.05) is 0 Å². The molecule has 0 bridgehead atoms. The van der Waals surface area contributed by atoms with E-state index < -0.39 is 5.97 Å². The van der Waals surface area contributed by atoms with E-state index >= 15 is 0 Å². The molecule has 0 radical (unpaired) electrons. The minimum Gasteiger partial charge on any atom is -0.456 e. The third-order valence-corrected chi connectivity index (χ3v) is 4.49. The Morgan fingerprint density at radius 3 is 2.61 bits per heavy atom. The van der Waals surface area contributed by atoms with E-state index in [1.165, 1.54) is 0 Å². The van der Waals surface area contributed by atoms with Gasteiger partial charge in [0.25, 0.3) is 0 Å². The van der Waals surface area contributed by atoms with Crippen molar-refractivity contribution in [2.45, 2.75) is 6.54 Å². The molecule has 0 atom stereocenters. The van der Waals surface area contributed by atoms with Crippen LogP contribution in [0, 0.1) is 0 Å². The highest BCUT2D eigenvalue weighted by Gasteiger charge is 2.15. The molecule has 0 aliphatic carbocycles. The summed E-state index contributed by atoms with van der Waals surface area (Å²) in [6.07, 6.45) is 1.58. The third-order valence-electron chi connectivity index (χ3n) is 4.49. The molecule has 6 heteroatoms. The van der Waals surface area contributed by atoms with E-state index in [2.05, 4.69) is 10.3 Å². The average molecular weight is 369 g/mol. The molecule has 5 aromatic rings. The highest BCUT2D eigenvalue weighted by atomic mass is 16.5. The highest BCUT2D eigenvalue weighted by Crippen LogP contribution is 2.31. The van der Waals surface area contributed by atoms with Crippen molar-refractivity contribution in [3.8, 4) is 5.75 Å². The zero-order chi connectivity index (χ0) is 18.9. The molecule has 3 aromatic carbocycles. The minimum absolute atomic E-state index is 0.160. The number of ether oxygens (including phenoxy) is 1. The second-order valence-corrected chi connectivity index (χ2v) is 6.43. The van der Waals surface area contributed by atoms with E-state index in [1.807, 2.05) is 54.6 Å². The first-order valence-electron chi connectivity index (χ1n) is 8.84. The summed E-state index contributed by atoms with van der Waals surface area (Å²) in [5.74, 6) is -0.117. The van der Waals surface area contributed by atoms with Crippen LogP contribution in [0.1, 0.15) is 16.1 Å². The predicted octanol–water partition coefficient (Wildman–Crippen LogP) is 4.45. The van der Waals surface area contributed by atoms with Crippen molar-refractivity contribution in [2.24, 2.45) is 0 Å². The summed E-state index contributed by atoms with van der Waals surface area (Å²) in [6, 6.07) is 22.9. The van der Waals surface area contributed by atoms with Crippen LogP contribution in [0.5, 0.6) is 5.75 Å². The summed E-state index contributed by atoms with van der Waals surface area (Å²) in [5.41, 5.74) is 2.78. The van der Waals surface area contributed by atoms with Gasteiger partial charge in [-0.1, -0.05) is 53.7 Å². The van der Waals surface area contributed by atoms with Gasteiger partial charge >= 0.3 is 5.97 Å². The average Bonchev–Trinajstić information content (AvgIpc) is 3.33. The van der Waals surface area contributed by atoms with Crippen LogP contribution in [0.4, 0.5) is 0 Å². The summed E-state index contributed by atoms with van der Waals surface area (Å²) in [4.78, 5) is 12.5. The quantitative estimate of drug-likeness (QED) is 0.346. The molecular weight excluding hydrogens is 354 g/mol. The standard InChI is InChI=1S/C22H15N3O3/c26-22(19-14-25(24-23-19)13-15-6-2-1-3-7-15)27-16-10-11-21-18(12-16)17-8-4-5-9-20(17)28-21/h1-12,14H,13H2. The Kier molecular flexibility index (Phi) is 3.87. The Balaban J connectivity index is 1.37. The smallest absolute Gasteiger partial charge is 0.365 e. The van der Waals surface area contributed by atoms with E-state index in [-0.39, 0.29) is 5.69 Å². The van der Waals surface area contributed by atoms with Crippen molar-refractivity contribution >= 4 is 27.9 Å². The monoisotopic (exact) mass is 369 g/mol. The Labute approximate surface area is 160 Å². The maximum Gasteiger partial charge on any atom is 0.365 e. The fourth-order valence-corrected chi connectivity index (χ4v) is 3.17. The van der Waals surface area contributed by atoms with Crippen LogP contribution < -0.4 is 4.74 Å². The topological polar surface area (TPSA) is 70.2 Å². The number of carbonyl (C=O) groups excluding carboxylic acids is 1. The van der Waals surface area contributed by atoms with Crippen LogP contribution in [0.2, 0.25) is 0 Å². The molecule has 5 rings (SSSR count). The maximum absolute atomic E-state index is 12.5. The third kappa shape index (κ3) is 3.01. The van der Waals surface area contributed by atoms with Gasteiger partial charge in [-0.2, -0.15) is 0 Å². The lowest BCUT2D eigenvalue weighted by Gasteiger charge is -2.02. The van der Waals surface area contributed by atoms with E-state index in [1.54, 1.807) is 29.1 Å². The molecule has 0 saturated carbocycles. The molecule has 0 amide bonds. The van der Waals surface area contributed by atoms with Gasteiger partial charge in [0.05, 0.1) is 12.7 Å². The Morgan fingerprint density at radius 1 is 0.929 bits per heavy atom. The number of furan rings is 1. The molecule has 0 aliphatic rings. The largest absolute Gasteiger partial charge is 0.456 e. The zero-order valence-electron chi connectivity index (χ0n) is 14.8. The number of hydrogen-bond acceptors (Lipinski definition) is 5. The fraction of sp³-hybridized carbons (Fsp3) is 0.0455. The van der Waals surface area contributed by atoms with E-state index in [0.29, 0.717) is 12.3 Å². The lowest BCUT2D eigenvalue weighted by atomic mass is 10.1. The number of fused-ring (bicyclic) bond motifs is 3. The van der Waals surface area contributed by atoms with Gasteiger partial charge < -0.3 is 9.15 Å². The second kappa shape index (κ2) is 6.66. The van der Waals surface area contributed by atoms with Gasteiger partial charge in [0.15, 0.2) is 5.69 Å². The minimum atomic E-state index is -0.550. The number of esters is 1. The van der Waals surface area contributed by atoms with Crippen molar-refractivity contribution < 1.29 is 13.9 Å². The van der Waals surface area contributed by atoms with E-state index in [0.717, 1.165) is 27.5 Å². The van der Waals surface area contributed by atoms with Crippen molar-refractivity contribution in [1.82, 2.24) is 15.0 Å². The van der Waals surface area contributed by atoms with Gasteiger partial charge in [0.1, 0.15) is 16.9 Å². The van der Waals surface area contributed by atoms with Crippen LogP contribution in [0.15, 0.2) is 83.4 Å². The molecule has 0 fully saturated rings. The van der Waals surface area contributed by atoms with Crippen molar-refractivity contribution in [1.29, 1.82) is 0 Å². The molecule has 28 heavy (non-hydrogen) atoms. The molecule has 136 valence electrons. The Morgan fingerprint density at radius 2 is 1.71 bits per heavy atom. The van der Waals surface area contributed by atoms with Gasteiger partial charge in [-0.15, -0.1) is 5.10 Å². The van der Waals surface area contributed by atoms with Crippen LogP contribution in [0.3, 0.4) is 0 Å². The fourth-order valence-electron chi connectivity index (χ4n) is 3.17. The Bertz CT molecular complexity index is 1290. The first kappa shape index (κ1) is 16.3. The van der Waals surface area contributed by atoms with Gasteiger partial charge in [0, 0.05) is 10.8 Å². The molecule has 0 saturated heterocycles. The van der Waals surface area contributed by atoms with Crippen molar-refractivity contribution in [3.05, 3.63) is 90.3 Å². The van der Waals surface area contributed by atoms with Crippen LogP contribution >= 0.6 is 0 Å². The zero-order valence-corrected chi connectivity index (χ0v) is 14.8. The first-order valence-corrected chi connectivity index (χ1v) is 8.84. The number of hydrogen-bond donors (Lipinski definition) is 0. The lowest BCUT2D eigenvalue weighted by molar-refractivity contribution is 0.0728. The number of benzene rings is 3. The molecule has 0 aliphatic heterocycles. The molecular formula is C22H15N3O3. The highest BCUT2D eigenvalue weighted by molar-refractivity contribution is 6.05. The maximum atomic E-state index is 12.5. The first-order chi connectivity index (χ1) is 13.8. The number of aromatic nitrogens is 3. The molecule has 0 N–H and O–H groups in total. The summed E-state index contributed by atoms with van der Waals surface area (Å²) in [6.45, 7) is 0.536. The predicted molar refractivity (Wildman–Crippen MR) is 104 cm³/mol. The molecule has 2 aromatic heterocycles. The van der Waals surface area contributed by atoms with Gasteiger partial charge in [-0.25, -0.2) is 9.48 Å². The summed E-state index contributed by atoms with van der Waals surface area (Å²) >= 11 is 0. The molecule has 0 spiro atoms. The molecule has 0 unspecified atom stereocenters. The van der Waals surface area contributed by atoms with E-state index in [9.17, 15) is 4.79 Å². The van der Waals surface area contributed by atoms with Gasteiger partial charge in [-0.05, 0) is 29.8 Å². The summed E-state index contributed by atoms with van der Waals surface area (Å²) < 4.78 is 12.9. The summed E-state index contributed by atoms with van der Waals surface area (Å²) in [5, 5.41) is 9.81. The lowest BCUT2D eigenvalue weighted by Crippen LogP contribution is -2.09. The normalized spacial score (nSPS) is 11.1. The van der Waals surface area contributed by atoms with E-state index in [4.69, 9.17) is 9.15 Å². The number of carbonyl (C=O) groups is 1. The molecule has 2 heterocycles. The second-order valence-electron chi connectivity index (χ2n) is 6.43. The van der Waals surface area contributed by atoms with Crippen LogP contribution in [-0.2, 0) is 6.54 Å². The number of para-hydroxylation sites is 1. The molecule has 6 nitrogen and oxygen atoms in total. The van der Waals surface area contributed by atoms with Gasteiger partial charge in [-0.3, -0.25) is 0 Å². The SMILES string of the molecule is O=C(Oc1ccc2oc3ccccc3c2c1)c1cn(Cc2ccccc2)nn1. The number of nitrogens with zero attached hydrogens (tertiary/aromatic N) is 3. The summed E-state index contributed by atoms with van der Waals surface area (Å²) in [7, 11) is 0. The van der Waals surface area contributed by atoms with Crippen LogP contribution in [-0.4, -0.2) is 21.0 Å². The Hall–Kier alpha value is -3.93. The number of rotatable bonds is 4. The van der Waals surface area contributed by atoms with Gasteiger partial charge in [0.2, 0.25) is 0 Å². The van der Waals surface area contributed by atoms with Crippen molar-refractivity contribution in [3.63, 3.8) is 0 Å². The van der Waals surface area contributed by atoms with Crippen LogP contribution in [0.25, 0.3) is 21.9 Å².